The maximum absolute atomic E-state index is 8.48. The molecule has 0 spiro atoms. The molecule has 0 fully saturated rings. The van der Waals surface area contributed by atoms with Crippen molar-refractivity contribution in [2.24, 2.45) is 0 Å². The lowest BCUT2D eigenvalue weighted by Crippen LogP contribution is -2.05. The van der Waals surface area contributed by atoms with Crippen LogP contribution in [0.2, 0.25) is 0 Å². The van der Waals surface area contributed by atoms with Gasteiger partial charge in [0.1, 0.15) is 0 Å². The SMILES string of the molecule is C=CCBr.C=CCO[C@@H](C)CC=C.C=CC[C@H](C)O.S.S. The summed E-state index contributed by atoms with van der Waals surface area (Å²) < 4.78 is 5.24. The van der Waals surface area contributed by atoms with E-state index >= 15 is 0 Å². The number of aliphatic hydroxyl groups is 1. The van der Waals surface area contributed by atoms with E-state index in [0.29, 0.717) is 13.0 Å². The normalized spacial score (nSPS) is 10.5. The van der Waals surface area contributed by atoms with Crippen LogP contribution in [0.1, 0.15) is 26.7 Å². The Morgan fingerprint density at radius 2 is 1.38 bits per heavy atom. The van der Waals surface area contributed by atoms with Gasteiger partial charge in [0.05, 0.1) is 18.8 Å². The van der Waals surface area contributed by atoms with Crippen LogP contribution < -0.4 is 0 Å². The van der Waals surface area contributed by atoms with Gasteiger partial charge in [-0.15, -0.1) is 26.3 Å². The quantitative estimate of drug-likeness (QED) is 0.464. The molecule has 0 unspecified atom stereocenters. The molecule has 0 heterocycles. The minimum Gasteiger partial charge on any atom is -0.393 e. The van der Waals surface area contributed by atoms with Crippen molar-refractivity contribution in [2.75, 3.05) is 11.9 Å². The van der Waals surface area contributed by atoms with Crippen molar-refractivity contribution in [1.29, 1.82) is 0 Å². The fourth-order valence-electron chi connectivity index (χ4n) is 0.776. The van der Waals surface area contributed by atoms with Crippen molar-refractivity contribution in [3.05, 3.63) is 50.6 Å². The van der Waals surface area contributed by atoms with E-state index in [4.69, 9.17) is 9.84 Å². The van der Waals surface area contributed by atoms with Crippen LogP contribution in [0.3, 0.4) is 0 Å². The smallest absolute Gasteiger partial charge is 0.0648 e. The largest absolute Gasteiger partial charge is 0.393 e. The predicted octanol–water partition coefficient (Wildman–Crippen LogP) is 4.89. The van der Waals surface area contributed by atoms with Crippen LogP contribution >= 0.6 is 42.9 Å². The zero-order chi connectivity index (χ0) is 15.5. The molecule has 0 bridgehead atoms. The average molecular weight is 401 g/mol. The number of hydrogen-bond acceptors (Lipinski definition) is 2. The lowest BCUT2D eigenvalue weighted by molar-refractivity contribution is 0.0909. The van der Waals surface area contributed by atoms with E-state index in [2.05, 4.69) is 42.2 Å². The fraction of sp³-hybridized carbons (Fsp3) is 0.500. The molecule has 0 aromatic carbocycles. The van der Waals surface area contributed by atoms with E-state index in [1.54, 1.807) is 25.2 Å². The van der Waals surface area contributed by atoms with Gasteiger partial charge >= 0.3 is 0 Å². The van der Waals surface area contributed by atoms with Crippen molar-refractivity contribution >= 4 is 42.9 Å². The summed E-state index contributed by atoms with van der Waals surface area (Å²) >= 11 is 3.13. The Morgan fingerprint density at radius 3 is 1.57 bits per heavy atom. The fourth-order valence-corrected chi connectivity index (χ4v) is 0.776. The van der Waals surface area contributed by atoms with Crippen molar-refractivity contribution in [2.45, 2.75) is 38.9 Å². The van der Waals surface area contributed by atoms with Crippen LogP contribution in [-0.4, -0.2) is 29.3 Å². The van der Waals surface area contributed by atoms with Crippen LogP contribution in [0.15, 0.2) is 50.6 Å². The van der Waals surface area contributed by atoms with E-state index in [1.165, 1.54) is 0 Å². The Balaban J connectivity index is -0.0000000627. The Bertz CT molecular complexity index is 222. The first-order chi connectivity index (χ1) is 8.99. The first-order valence-electron chi connectivity index (χ1n) is 6.29. The standard InChI is InChI=1S/C8H14O.C5H10O.C3H5Br.2H2S/c1-4-6-8(3)9-7-5-2;1-3-4-5(2)6;1-2-3-4;;/h4-5,8H,1-2,6-7H2,3H3;3,5-6H,1,4H2,2H3;2H,1,3H2;2*1H2/t8-;5-;;;/m00.../s1. The first-order valence-corrected chi connectivity index (χ1v) is 7.41. The summed E-state index contributed by atoms with van der Waals surface area (Å²) in [5.74, 6) is 0. The van der Waals surface area contributed by atoms with Crippen LogP contribution in [0.4, 0.5) is 0 Å². The summed E-state index contributed by atoms with van der Waals surface area (Å²) in [6, 6.07) is 0. The second kappa shape index (κ2) is 32.1. The summed E-state index contributed by atoms with van der Waals surface area (Å²) in [7, 11) is 0. The molecule has 0 rings (SSSR count). The first kappa shape index (κ1) is 32.9. The molecule has 0 amide bonds. The summed E-state index contributed by atoms with van der Waals surface area (Å²) in [4.78, 5) is 0. The second-order valence-electron chi connectivity index (χ2n) is 3.77. The van der Waals surface area contributed by atoms with Gasteiger partial charge in [0.25, 0.3) is 0 Å². The average Bonchev–Trinajstić information content (AvgIpc) is 2.37. The predicted molar refractivity (Wildman–Crippen MR) is 112 cm³/mol. The molecule has 2 nitrogen and oxygen atoms in total. The molecule has 0 aliphatic rings. The molecule has 5 heteroatoms. The number of aliphatic hydroxyl groups excluding tert-OH is 1. The number of halogens is 1. The molecule has 0 aliphatic carbocycles. The maximum atomic E-state index is 8.48. The highest BCUT2D eigenvalue weighted by Crippen LogP contribution is 1.96. The van der Waals surface area contributed by atoms with Crippen molar-refractivity contribution in [3.63, 3.8) is 0 Å². The van der Waals surface area contributed by atoms with Gasteiger partial charge in [-0.2, -0.15) is 27.0 Å². The molecule has 21 heavy (non-hydrogen) atoms. The Morgan fingerprint density at radius 1 is 0.952 bits per heavy atom. The summed E-state index contributed by atoms with van der Waals surface area (Å²) in [5.41, 5.74) is 0. The van der Waals surface area contributed by atoms with E-state index in [-0.39, 0.29) is 39.2 Å². The van der Waals surface area contributed by atoms with Crippen molar-refractivity contribution < 1.29 is 9.84 Å². The number of allylic oxidation sites excluding steroid dienone is 1. The highest BCUT2D eigenvalue weighted by atomic mass is 79.9. The number of hydrogen-bond donors (Lipinski definition) is 1. The molecule has 0 aromatic rings. The molecule has 0 saturated carbocycles. The molecular formula is C16H33BrO2S2. The molecule has 0 radical (unpaired) electrons. The van der Waals surface area contributed by atoms with Gasteiger partial charge in [-0.05, 0) is 26.7 Å². The monoisotopic (exact) mass is 400 g/mol. The highest BCUT2D eigenvalue weighted by molar-refractivity contribution is 9.09. The van der Waals surface area contributed by atoms with Gasteiger partial charge < -0.3 is 9.84 Å². The summed E-state index contributed by atoms with van der Waals surface area (Å²) in [5, 5.41) is 9.38. The van der Waals surface area contributed by atoms with Crippen LogP contribution in [0.25, 0.3) is 0 Å². The number of alkyl halides is 1. The third-order valence-corrected chi connectivity index (χ3v) is 2.07. The minimum atomic E-state index is -0.220. The Hall–Kier alpha value is 0.0600. The van der Waals surface area contributed by atoms with Crippen molar-refractivity contribution in [3.8, 4) is 0 Å². The van der Waals surface area contributed by atoms with E-state index in [1.807, 2.05) is 13.0 Å². The van der Waals surface area contributed by atoms with Crippen molar-refractivity contribution in [1.82, 2.24) is 0 Å². The van der Waals surface area contributed by atoms with Crippen LogP contribution in [0.5, 0.6) is 0 Å². The summed E-state index contributed by atoms with van der Waals surface area (Å²) in [6.07, 6.45) is 8.76. The highest BCUT2D eigenvalue weighted by Gasteiger charge is 1.94. The van der Waals surface area contributed by atoms with Gasteiger partial charge in [0, 0.05) is 5.33 Å². The van der Waals surface area contributed by atoms with E-state index in [0.717, 1.165) is 11.8 Å². The van der Waals surface area contributed by atoms with Gasteiger partial charge in [-0.3, -0.25) is 0 Å². The van der Waals surface area contributed by atoms with E-state index in [9.17, 15) is 0 Å². The third kappa shape index (κ3) is 53.5. The van der Waals surface area contributed by atoms with Gasteiger partial charge in [0.15, 0.2) is 0 Å². The molecule has 2 atom stereocenters. The summed E-state index contributed by atoms with van der Waals surface area (Å²) in [6.45, 7) is 18.4. The molecule has 128 valence electrons. The maximum Gasteiger partial charge on any atom is 0.0648 e. The minimum absolute atomic E-state index is 0. The molecule has 0 aromatic heterocycles. The molecular weight excluding hydrogens is 368 g/mol. The Kier molecular flexibility index (Phi) is 50.3. The second-order valence-corrected chi connectivity index (χ2v) is 4.42. The zero-order valence-corrected chi connectivity index (χ0v) is 16.9. The molecule has 0 aliphatic heterocycles. The Labute approximate surface area is 154 Å². The van der Waals surface area contributed by atoms with Gasteiger partial charge in [-0.25, -0.2) is 0 Å². The molecule has 1 N–H and O–H groups in total. The number of ether oxygens (including phenoxy) is 1. The van der Waals surface area contributed by atoms with Gasteiger partial charge in [-0.1, -0.05) is 40.2 Å². The third-order valence-electron chi connectivity index (χ3n) is 1.61. The lowest BCUT2D eigenvalue weighted by atomic mass is 10.3. The molecule has 0 saturated heterocycles. The topological polar surface area (TPSA) is 29.5 Å². The van der Waals surface area contributed by atoms with Crippen LogP contribution in [-0.2, 0) is 4.74 Å². The van der Waals surface area contributed by atoms with E-state index < -0.39 is 0 Å². The van der Waals surface area contributed by atoms with Gasteiger partial charge in [0.2, 0.25) is 0 Å². The lowest BCUT2D eigenvalue weighted by Gasteiger charge is -2.06. The zero-order valence-electron chi connectivity index (χ0n) is 13.4. The van der Waals surface area contributed by atoms with Crippen LogP contribution in [0, 0.1) is 0 Å². The number of rotatable bonds is 8.